The lowest BCUT2D eigenvalue weighted by molar-refractivity contribution is -0.138. The van der Waals surface area contributed by atoms with E-state index < -0.39 is 5.97 Å². The van der Waals surface area contributed by atoms with E-state index in [1.54, 1.807) is 7.05 Å². The number of hydrogen-bond acceptors (Lipinski definition) is 3. The topological polar surface area (TPSA) is 66.8 Å². The second-order valence-corrected chi connectivity index (χ2v) is 5.53. The molecule has 0 saturated carbocycles. The molecular formula is C17H25NO4. The normalized spacial score (nSPS) is 10.3. The second-order valence-electron chi connectivity index (χ2n) is 5.53. The van der Waals surface area contributed by atoms with Crippen molar-refractivity contribution in [1.82, 2.24) is 4.90 Å². The zero-order valence-corrected chi connectivity index (χ0v) is 13.6. The summed E-state index contributed by atoms with van der Waals surface area (Å²) >= 11 is 0. The van der Waals surface area contributed by atoms with E-state index >= 15 is 0 Å². The maximum Gasteiger partial charge on any atom is 0.305 e. The van der Waals surface area contributed by atoms with Gasteiger partial charge in [-0.05, 0) is 43.9 Å². The van der Waals surface area contributed by atoms with Gasteiger partial charge in [0, 0.05) is 20.0 Å². The number of rotatable bonds is 9. The number of carbonyl (C=O) groups excluding carboxylic acids is 1. The highest BCUT2D eigenvalue weighted by Gasteiger charge is 2.09. The first-order valence-corrected chi connectivity index (χ1v) is 7.56. The number of ether oxygens (including phenoxy) is 1. The summed E-state index contributed by atoms with van der Waals surface area (Å²) in [6.07, 6.45) is 1.94. The quantitative estimate of drug-likeness (QED) is 0.712. The minimum absolute atomic E-state index is 0.0159. The van der Waals surface area contributed by atoms with E-state index in [1.807, 2.05) is 32.0 Å². The van der Waals surface area contributed by atoms with Crippen molar-refractivity contribution in [1.29, 1.82) is 0 Å². The molecular weight excluding hydrogens is 282 g/mol. The average molecular weight is 307 g/mol. The molecule has 0 fully saturated rings. The number of benzene rings is 1. The van der Waals surface area contributed by atoms with E-state index in [4.69, 9.17) is 9.84 Å². The van der Waals surface area contributed by atoms with Crippen molar-refractivity contribution in [2.75, 3.05) is 20.2 Å². The van der Waals surface area contributed by atoms with Gasteiger partial charge in [-0.25, -0.2) is 0 Å². The average Bonchev–Trinajstić information content (AvgIpc) is 2.47. The maximum absolute atomic E-state index is 11.8. The molecule has 0 bridgehead atoms. The molecule has 0 aliphatic rings. The van der Waals surface area contributed by atoms with Gasteiger partial charge in [-0.3, -0.25) is 9.59 Å². The number of nitrogens with zero attached hydrogens (tertiary/aromatic N) is 1. The van der Waals surface area contributed by atoms with Crippen molar-refractivity contribution in [3.63, 3.8) is 0 Å². The molecule has 0 aliphatic carbocycles. The van der Waals surface area contributed by atoms with Gasteiger partial charge < -0.3 is 14.7 Å². The Morgan fingerprint density at radius 2 is 1.91 bits per heavy atom. The zero-order chi connectivity index (χ0) is 16.5. The van der Waals surface area contributed by atoms with Crippen LogP contribution in [0.1, 0.15) is 36.8 Å². The van der Waals surface area contributed by atoms with Crippen LogP contribution in [-0.4, -0.2) is 42.1 Å². The largest absolute Gasteiger partial charge is 0.493 e. The lowest BCUT2D eigenvalue weighted by Gasteiger charge is -2.16. The molecule has 0 aromatic heterocycles. The number of hydrogen-bond donors (Lipinski definition) is 1. The van der Waals surface area contributed by atoms with Gasteiger partial charge >= 0.3 is 5.97 Å². The predicted octanol–water partition coefficient (Wildman–Crippen LogP) is 2.79. The van der Waals surface area contributed by atoms with Crippen molar-refractivity contribution < 1.29 is 19.4 Å². The summed E-state index contributed by atoms with van der Waals surface area (Å²) in [6.45, 7) is 4.87. The third-order valence-corrected chi connectivity index (χ3v) is 3.47. The van der Waals surface area contributed by atoms with Gasteiger partial charge in [0.15, 0.2) is 0 Å². The predicted molar refractivity (Wildman–Crippen MR) is 85.2 cm³/mol. The van der Waals surface area contributed by atoms with Gasteiger partial charge in [-0.2, -0.15) is 0 Å². The highest BCUT2D eigenvalue weighted by atomic mass is 16.5. The standard InChI is InChI=1S/C17H25NO4/c1-13-7-8-14(2)15(12-13)22-11-5-4-6-16(19)18(3)10-9-17(20)21/h7-8,12H,4-6,9-11H2,1-3H3,(H,20,21). The van der Waals surface area contributed by atoms with Crippen LogP contribution in [0, 0.1) is 13.8 Å². The molecule has 1 aromatic rings. The fraction of sp³-hybridized carbons (Fsp3) is 0.529. The van der Waals surface area contributed by atoms with Gasteiger partial charge in [-0.1, -0.05) is 12.1 Å². The van der Waals surface area contributed by atoms with Crippen LogP contribution < -0.4 is 4.74 Å². The number of carbonyl (C=O) groups is 2. The molecule has 0 heterocycles. The first-order chi connectivity index (χ1) is 10.4. The Morgan fingerprint density at radius 1 is 1.18 bits per heavy atom. The van der Waals surface area contributed by atoms with Crippen molar-refractivity contribution in [3.05, 3.63) is 29.3 Å². The monoisotopic (exact) mass is 307 g/mol. The van der Waals surface area contributed by atoms with Gasteiger partial charge in [0.2, 0.25) is 5.91 Å². The smallest absolute Gasteiger partial charge is 0.305 e. The molecule has 0 atom stereocenters. The van der Waals surface area contributed by atoms with Gasteiger partial charge in [-0.15, -0.1) is 0 Å². The number of amides is 1. The minimum atomic E-state index is -0.887. The summed E-state index contributed by atoms with van der Waals surface area (Å²) in [7, 11) is 1.64. The number of carboxylic acids is 1. The molecule has 0 unspecified atom stereocenters. The molecule has 0 radical (unpaired) electrons. The lowest BCUT2D eigenvalue weighted by Crippen LogP contribution is -2.28. The van der Waals surface area contributed by atoms with Crippen molar-refractivity contribution >= 4 is 11.9 Å². The van der Waals surface area contributed by atoms with Gasteiger partial charge in [0.05, 0.1) is 13.0 Å². The van der Waals surface area contributed by atoms with Crippen molar-refractivity contribution in [3.8, 4) is 5.75 Å². The number of aliphatic carboxylic acids is 1. The molecule has 1 rings (SSSR count). The molecule has 122 valence electrons. The number of unbranched alkanes of at least 4 members (excludes halogenated alkanes) is 1. The van der Waals surface area contributed by atoms with Crippen LogP contribution in [0.5, 0.6) is 5.75 Å². The fourth-order valence-electron chi connectivity index (χ4n) is 2.00. The van der Waals surface area contributed by atoms with E-state index in [0.29, 0.717) is 13.0 Å². The molecule has 0 aliphatic heterocycles. The third kappa shape index (κ3) is 6.61. The summed E-state index contributed by atoms with van der Waals surface area (Å²) in [5, 5.41) is 8.59. The Labute approximate surface area is 131 Å². The summed E-state index contributed by atoms with van der Waals surface area (Å²) in [4.78, 5) is 23.7. The Hall–Kier alpha value is -2.04. The minimum Gasteiger partial charge on any atom is -0.493 e. The van der Waals surface area contributed by atoms with Crippen molar-refractivity contribution in [2.45, 2.75) is 39.5 Å². The molecule has 5 nitrogen and oxygen atoms in total. The fourth-order valence-corrected chi connectivity index (χ4v) is 2.00. The first-order valence-electron chi connectivity index (χ1n) is 7.56. The molecule has 5 heteroatoms. The molecule has 1 N–H and O–H groups in total. The maximum atomic E-state index is 11.8. The van der Waals surface area contributed by atoms with Crippen LogP contribution in [-0.2, 0) is 9.59 Å². The van der Waals surface area contributed by atoms with Crippen LogP contribution in [0.15, 0.2) is 18.2 Å². The zero-order valence-electron chi connectivity index (χ0n) is 13.6. The third-order valence-electron chi connectivity index (χ3n) is 3.47. The Kier molecular flexibility index (Phi) is 7.43. The SMILES string of the molecule is Cc1ccc(C)c(OCCCCC(=O)N(C)CCC(=O)O)c1. The van der Waals surface area contributed by atoms with E-state index in [9.17, 15) is 9.59 Å². The lowest BCUT2D eigenvalue weighted by atomic mass is 10.1. The number of carboxylic acid groups (broad SMARTS) is 1. The van der Waals surface area contributed by atoms with Crippen LogP contribution >= 0.6 is 0 Å². The van der Waals surface area contributed by atoms with Crippen LogP contribution in [0.3, 0.4) is 0 Å². The van der Waals surface area contributed by atoms with E-state index in [2.05, 4.69) is 0 Å². The Morgan fingerprint density at radius 3 is 2.59 bits per heavy atom. The first kappa shape index (κ1) is 18.0. The van der Waals surface area contributed by atoms with E-state index in [-0.39, 0.29) is 18.9 Å². The summed E-state index contributed by atoms with van der Waals surface area (Å²) in [6, 6.07) is 6.10. The van der Waals surface area contributed by atoms with Crippen LogP contribution in [0.25, 0.3) is 0 Å². The molecule has 22 heavy (non-hydrogen) atoms. The summed E-state index contributed by atoms with van der Waals surface area (Å²) < 4.78 is 5.74. The van der Waals surface area contributed by atoms with Crippen molar-refractivity contribution in [2.24, 2.45) is 0 Å². The Bertz CT molecular complexity index is 513. The van der Waals surface area contributed by atoms with E-state index in [0.717, 1.165) is 29.7 Å². The van der Waals surface area contributed by atoms with Gasteiger partial charge in [0.1, 0.15) is 5.75 Å². The summed E-state index contributed by atoms with van der Waals surface area (Å²) in [5.74, 6) is -0.0144. The van der Waals surface area contributed by atoms with Crippen LogP contribution in [0.2, 0.25) is 0 Å². The molecule has 1 amide bonds. The van der Waals surface area contributed by atoms with Gasteiger partial charge in [0.25, 0.3) is 0 Å². The second kappa shape index (κ2) is 9.07. The molecule has 0 spiro atoms. The summed E-state index contributed by atoms with van der Waals surface area (Å²) in [5.41, 5.74) is 2.27. The molecule has 0 saturated heterocycles. The molecule has 1 aromatic carbocycles. The van der Waals surface area contributed by atoms with Crippen LogP contribution in [0.4, 0.5) is 0 Å². The Balaban J connectivity index is 2.21. The highest BCUT2D eigenvalue weighted by molar-refractivity contribution is 5.76. The highest BCUT2D eigenvalue weighted by Crippen LogP contribution is 2.19. The van der Waals surface area contributed by atoms with E-state index in [1.165, 1.54) is 4.90 Å². The number of aryl methyl sites for hydroxylation is 2.